The minimum atomic E-state index is -0.652. The Morgan fingerprint density at radius 1 is 1.37 bits per heavy atom. The van der Waals surface area contributed by atoms with Gasteiger partial charge in [0.05, 0.1) is 30.3 Å². The number of anilines is 1. The fraction of sp³-hybridized carbons (Fsp3) is 0.312. The van der Waals surface area contributed by atoms with Crippen LogP contribution in [0.5, 0.6) is 5.88 Å². The number of ether oxygens (including phenoxy) is 1. The summed E-state index contributed by atoms with van der Waals surface area (Å²) in [6.45, 7) is 1.11. The molecule has 0 bridgehead atoms. The molecule has 1 saturated heterocycles. The van der Waals surface area contributed by atoms with E-state index in [-0.39, 0.29) is 17.0 Å². The van der Waals surface area contributed by atoms with Gasteiger partial charge < -0.3 is 9.64 Å². The van der Waals surface area contributed by atoms with Gasteiger partial charge in [-0.2, -0.15) is 14.5 Å². The molecule has 11 heteroatoms. The van der Waals surface area contributed by atoms with Crippen LogP contribution in [0.25, 0.3) is 11.3 Å². The second-order valence-electron chi connectivity index (χ2n) is 6.13. The van der Waals surface area contributed by atoms with Gasteiger partial charge in [0.2, 0.25) is 11.8 Å². The molecule has 140 valence electrons. The Hall–Kier alpha value is -3.01. The van der Waals surface area contributed by atoms with Crippen molar-refractivity contribution in [1.82, 2.24) is 30.2 Å². The van der Waals surface area contributed by atoms with Gasteiger partial charge in [0, 0.05) is 37.7 Å². The highest BCUT2D eigenvalue weighted by Crippen LogP contribution is 2.28. The van der Waals surface area contributed by atoms with Crippen molar-refractivity contribution in [1.29, 1.82) is 0 Å². The van der Waals surface area contributed by atoms with Crippen LogP contribution in [0.1, 0.15) is 6.42 Å². The number of hydrogen-bond acceptors (Lipinski definition) is 7. The number of aryl methyl sites for hydroxylation is 1. The van der Waals surface area contributed by atoms with Crippen molar-refractivity contribution in [3.05, 3.63) is 45.9 Å². The molecule has 1 aliphatic rings. The number of aromatic amines is 1. The van der Waals surface area contributed by atoms with Gasteiger partial charge in [0.25, 0.3) is 5.56 Å². The minimum Gasteiger partial charge on any atom is -0.472 e. The average molecular weight is 392 g/mol. The van der Waals surface area contributed by atoms with Crippen LogP contribution in [-0.4, -0.2) is 49.4 Å². The van der Waals surface area contributed by atoms with Gasteiger partial charge in [0.15, 0.2) is 0 Å². The lowest BCUT2D eigenvalue weighted by Gasteiger charge is -2.19. The Bertz CT molecular complexity index is 1040. The molecule has 1 N–H and O–H groups in total. The second-order valence-corrected chi connectivity index (χ2v) is 6.51. The van der Waals surface area contributed by atoms with Gasteiger partial charge in [-0.3, -0.25) is 4.79 Å². The molecule has 0 aromatic carbocycles. The molecule has 1 aliphatic heterocycles. The van der Waals surface area contributed by atoms with Gasteiger partial charge in [0.1, 0.15) is 11.1 Å². The SMILES string of the molecule is Cn1nncc1-c1cc(F)nc(O[C@@H]2CCN(c3cn[nH]c(=O)c3Cl)C2)c1. The van der Waals surface area contributed by atoms with E-state index in [0.717, 1.165) is 0 Å². The van der Waals surface area contributed by atoms with E-state index < -0.39 is 11.5 Å². The molecule has 0 radical (unpaired) electrons. The van der Waals surface area contributed by atoms with Gasteiger partial charge in [-0.1, -0.05) is 16.8 Å². The quantitative estimate of drug-likeness (QED) is 0.671. The summed E-state index contributed by atoms with van der Waals surface area (Å²) in [5, 5.41) is 13.8. The molecule has 0 amide bonds. The van der Waals surface area contributed by atoms with Crippen LogP contribution in [0.2, 0.25) is 5.02 Å². The van der Waals surface area contributed by atoms with Gasteiger partial charge in [-0.15, -0.1) is 5.10 Å². The largest absolute Gasteiger partial charge is 0.472 e. The van der Waals surface area contributed by atoms with Crippen LogP contribution in [-0.2, 0) is 7.05 Å². The van der Waals surface area contributed by atoms with Gasteiger partial charge in [-0.05, 0) is 0 Å². The number of hydrogen-bond donors (Lipinski definition) is 1. The van der Waals surface area contributed by atoms with E-state index in [4.69, 9.17) is 16.3 Å². The van der Waals surface area contributed by atoms with E-state index in [0.29, 0.717) is 36.5 Å². The summed E-state index contributed by atoms with van der Waals surface area (Å²) >= 11 is 6.05. The maximum absolute atomic E-state index is 13.9. The number of aromatic nitrogens is 6. The maximum atomic E-state index is 13.9. The molecule has 4 rings (SSSR count). The van der Waals surface area contributed by atoms with Crippen molar-refractivity contribution in [2.45, 2.75) is 12.5 Å². The van der Waals surface area contributed by atoms with Crippen LogP contribution < -0.4 is 15.2 Å². The summed E-state index contributed by atoms with van der Waals surface area (Å²) in [5.74, 6) is -0.478. The zero-order valence-electron chi connectivity index (χ0n) is 14.3. The summed E-state index contributed by atoms with van der Waals surface area (Å²) in [7, 11) is 1.72. The molecule has 1 atom stereocenters. The number of rotatable bonds is 4. The van der Waals surface area contributed by atoms with E-state index >= 15 is 0 Å². The maximum Gasteiger partial charge on any atom is 0.285 e. The first kappa shape index (κ1) is 17.4. The van der Waals surface area contributed by atoms with E-state index in [1.54, 1.807) is 13.1 Å². The number of H-pyrrole nitrogens is 1. The molecular weight excluding hydrogens is 377 g/mol. The predicted molar refractivity (Wildman–Crippen MR) is 95.3 cm³/mol. The van der Waals surface area contributed by atoms with Crippen LogP contribution in [0, 0.1) is 5.95 Å². The first-order chi connectivity index (χ1) is 13.0. The van der Waals surface area contributed by atoms with Crippen LogP contribution in [0.15, 0.2) is 29.3 Å². The molecular formula is C16H15ClFN7O2. The minimum absolute atomic E-state index is 0.0838. The number of halogens is 2. The normalized spacial score (nSPS) is 16.7. The highest BCUT2D eigenvalue weighted by atomic mass is 35.5. The van der Waals surface area contributed by atoms with E-state index in [2.05, 4.69) is 25.5 Å². The lowest BCUT2D eigenvalue weighted by atomic mass is 10.2. The van der Waals surface area contributed by atoms with Gasteiger partial charge in [-0.25, -0.2) is 9.78 Å². The van der Waals surface area contributed by atoms with Crippen molar-refractivity contribution in [3.8, 4) is 17.1 Å². The Balaban J connectivity index is 1.52. The molecule has 27 heavy (non-hydrogen) atoms. The van der Waals surface area contributed by atoms with Crippen LogP contribution in [0.3, 0.4) is 0 Å². The smallest absolute Gasteiger partial charge is 0.285 e. The second kappa shape index (κ2) is 6.95. The summed E-state index contributed by atoms with van der Waals surface area (Å²) in [6, 6.07) is 2.94. The molecule has 0 saturated carbocycles. The summed E-state index contributed by atoms with van der Waals surface area (Å²) in [6.07, 6.45) is 3.48. The van der Waals surface area contributed by atoms with Crippen molar-refractivity contribution >= 4 is 17.3 Å². The van der Waals surface area contributed by atoms with Crippen molar-refractivity contribution in [2.24, 2.45) is 7.05 Å². The molecule has 0 spiro atoms. The Morgan fingerprint density at radius 2 is 2.22 bits per heavy atom. The highest BCUT2D eigenvalue weighted by molar-refractivity contribution is 6.33. The molecule has 3 aromatic heterocycles. The van der Waals surface area contributed by atoms with Crippen LogP contribution in [0.4, 0.5) is 10.1 Å². The molecule has 0 unspecified atom stereocenters. The first-order valence-electron chi connectivity index (χ1n) is 8.18. The third-order valence-electron chi connectivity index (χ3n) is 4.33. The van der Waals surface area contributed by atoms with Gasteiger partial charge >= 0.3 is 0 Å². The predicted octanol–water partition coefficient (Wildman–Crippen LogP) is 1.41. The van der Waals surface area contributed by atoms with E-state index in [9.17, 15) is 9.18 Å². The third kappa shape index (κ3) is 3.47. The molecule has 0 aliphatic carbocycles. The van der Waals surface area contributed by atoms with E-state index in [1.807, 2.05) is 4.90 Å². The topological polar surface area (TPSA) is 102 Å². The summed E-state index contributed by atoms with van der Waals surface area (Å²) in [4.78, 5) is 17.3. The molecule has 4 heterocycles. The standard InChI is InChI=1S/C16H15ClFN7O2/c1-24-11(6-20-23-24)9-4-13(18)21-14(5-9)27-10-2-3-25(8-10)12-7-19-22-16(26)15(12)17/h4-7,10H,2-3,8H2,1H3,(H,22,26)/t10-/m1/s1. The highest BCUT2D eigenvalue weighted by Gasteiger charge is 2.27. The monoisotopic (exact) mass is 391 g/mol. The Morgan fingerprint density at radius 3 is 3.00 bits per heavy atom. The zero-order valence-corrected chi connectivity index (χ0v) is 15.0. The van der Waals surface area contributed by atoms with E-state index in [1.165, 1.54) is 23.1 Å². The zero-order chi connectivity index (χ0) is 19.0. The first-order valence-corrected chi connectivity index (χ1v) is 8.56. The van der Waals surface area contributed by atoms with Crippen molar-refractivity contribution in [3.63, 3.8) is 0 Å². The van der Waals surface area contributed by atoms with Crippen molar-refractivity contribution < 1.29 is 9.13 Å². The molecule has 9 nitrogen and oxygen atoms in total. The molecule has 3 aromatic rings. The fourth-order valence-corrected chi connectivity index (χ4v) is 3.25. The number of nitrogens with zero attached hydrogens (tertiary/aromatic N) is 6. The number of nitrogens with one attached hydrogen (secondary N) is 1. The Kier molecular flexibility index (Phi) is 4.48. The lowest BCUT2D eigenvalue weighted by molar-refractivity contribution is 0.213. The fourth-order valence-electron chi connectivity index (χ4n) is 3.04. The number of pyridine rings is 1. The molecule has 1 fully saturated rings. The summed E-state index contributed by atoms with van der Waals surface area (Å²) in [5.41, 5.74) is 1.32. The van der Waals surface area contributed by atoms with Crippen LogP contribution >= 0.6 is 11.6 Å². The summed E-state index contributed by atoms with van der Waals surface area (Å²) < 4.78 is 21.4. The average Bonchev–Trinajstić information content (AvgIpc) is 3.26. The Labute approximate surface area is 157 Å². The lowest BCUT2D eigenvalue weighted by Crippen LogP contribution is -2.26. The third-order valence-corrected chi connectivity index (χ3v) is 4.70. The van der Waals surface area contributed by atoms with Crippen molar-refractivity contribution in [2.75, 3.05) is 18.0 Å².